The fourth-order valence-electron chi connectivity index (χ4n) is 3.17. The van der Waals surface area contributed by atoms with Gasteiger partial charge in [0.1, 0.15) is 5.75 Å². The molecule has 150 valence electrons. The first kappa shape index (κ1) is 20.6. The third kappa shape index (κ3) is 4.32. The number of amides is 1. The number of nitrogens with zero attached hydrogens (tertiary/aromatic N) is 2. The van der Waals surface area contributed by atoms with Crippen LogP contribution < -0.4 is 4.74 Å². The van der Waals surface area contributed by atoms with Crippen LogP contribution in [0.4, 0.5) is 0 Å². The maximum absolute atomic E-state index is 12.8. The molecule has 6 nitrogen and oxygen atoms in total. The number of ether oxygens (including phenoxy) is 1. The number of hydrogen-bond acceptors (Lipinski definition) is 4. The summed E-state index contributed by atoms with van der Waals surface area (Å²) in [5.74, 6) is 0.660. The molecule has 3 rings (SSSR count). The second kappa shape index (κ2) is 8.51. The zero-order valence-corrected chi connectivity index (χ0v) is 17.5. The Bertz CT molecular complexity index is 953. The summed E-state index contributed by atoms with van der Waals surface area (Å²) in [7, 11) is -3.59. The third-order valence-corrected chi connectivity index (χ3v) is 6.86. The molecule has 1 saturated heterocycles. The SMILES string of the molecule is CCOc1ccc(C(=O)N2CCN(S(=O)(=O)c3ccc(Cl)cc3)CC2)cc1C. The van der Waals surface area contributed by atoms with Crippen molar-refractivity contribution in [1.29, 1.82) is 0 Å². The summed E-state index contributed by atoms with van der Waals surface area (Å²) in [4.78, 5) is 14.7. The number of rotatable bonds is 5. The van der Waals surface area contributed by atoms with Crippen LogP contribution in [-0.2, 0) is 10.0 Å². The summed E-state index contributed by atoms with van der Waals surface area (Å²) >= 11 is 5.84. The fraction of sp³-hybridized carbons (Fsp3) is 0.350. The average molecular weight is 423 g/mol. The van der Waals surface area contributed by atoms with Gasteiger partial charge in [0.2, 0.25) is 10.0 Å². The lowest BCUT2D eigenvalue weighted by Crippen LogP contribution is -2.50. The van der Waals surface area contributed by atoms with E-state index in [4.69, 9.17) is 16.3 Å². The van der Waals surface area contributed by atoms with Gasteiger partial charge in [0, 0.05) is 36.8 Å². The minimum absolute atomic E-state index is 0.102. The largest absolute Gasteiger partial charge is 0.494 e. The van der Waals surface area contributed by atoms with Gasteiger partial charge in [-0.1, -0.05) is 11.6 Å². The van der Waals surface area contributed by atoms with E-state index >= 15 is 0 Å². The lowest BCUT2D eigenvalue weighted by atomic mass is 10.1. The van der Waals surface area contributed by atoms with E-state index in [9.17, 15) is 13.2 Å². The molecule has 28 heavy (non-hydrogen) atoms. The monoisotopic (exact) mass is 422 g/mol. The molecule has 0 atom stereocenters. The van der Waals surface area contributed by atoms with Crippen molar-refractivity contribution < 1.29 is 17.9 Å². The summed E-state index contributed by atoms with van der Waals surface area (Å²) in [6.45, 7) is 5.59. The molecule has 0 spiro atoms. The molecule has 1 aliphatic rings. The predicted molar refractivity (Wildman–Crippen MR) is 108 cm³/mol. The van der Waals surface area contributed by atoms with E-state index in [1.54, 1.807) is 29.2 Å². The standard InChI is InChI=1S/C20H23ClN2O4S/c1-3-27-19-9-4-16(14-15(19)2)20(24)22-10-12-23(13-11-22)28(25,26)18-7-5-17(21)6-8-18/h4-9,14H,3,10-13H2,1-2H3. The van der Waals surface area contributed by atoms with Crippen molar-refractivity contribution in [2.24, 2.45) is 0 Å². The smallest absolute Gasteiger partial charge is 0.253 e. The summed E-state index contributed by atoms with van der Waals surface area (Å²) in [5, 5.41) is 0.486. The normalized spacial score (nSPS) is 15.5. The van der Waals surface area contributed by atoms with Crippen molar-refractivity contribution in [1.82, 2.24) is 9.21 Å². The first-order chi connectivity index (χ1) is 13.3. The van der Waals surface area contributed by atoms with Gasteiger partial charge >= 0.3 is 0 Å². The molecule has 0 radical (unpaired) electrons. The Morgan fingerprint density at radius 3 is 2.29 bits per heavy atom. The number of piperazine rings is 1. The van der Waals surface area contributed by atoms with E-state index in [1.807, 2.05) is 19.9 Å². The predicted octanol–water partition coefficient (Wildman–Crippen LogP) is 3.19. The molecule has 0 aliphatic carbocycles. The number of benzene rings is 2. The van der Waals surface area contributed by atoms with Gasteiger partial charge in [-0.25, -0.2) is 8.42 Å². The molecule has 2 aromatic carbocycles. The highest BCUT2D eigenvalue weighted by molar-refractivity contribution is 7.89. The Hall–Kier alpha value is -2.09. The van der Waals surface area contributed by atoms with Gasteiger partial charge in [0.05, 0.1) is 11.5 Å². The molecule has 1 fully saturated rings. The first-order valence-electron chi connectivity index (χ1n) is 9.11. The van der Waals surface area contributed by atoms with E-state index in [0.717, 1.165) is 11.3 Å². The molecular formula is C20H23ClN2O4S. The van der Waals surface area contributed by atoms with E-state index < -0.39 is 10.0 Å². The van der Waals surface area contributed by atoms with Gasteiger partial charge in [-0.2, -0.15) is 4.31 Å². The van der Waals surface area contributed by atoms with Crippen LogP contribution in [-0.4, -0.2) is 56.3 Å². The van der Waals surface area contributed by atoms with Gasteiger partial charge in [-0.3, -0.25) is 4.79 Å². The highest BCUT2D eigenvalue weighted by Crippen LogP contribution is 2.22. The zero-order chi connectivity index (χ0) is 20.3. The fourth-order valence-corrected chi connectivity index (χ4v) is 4.72. The van der Waals surface area contributed by atoms with Crippen LogP contribution in [0.25, 0.3) is 0 Å². The molecule has 0 aromatic heterocycles. The Balaban J connectivity index is 1.67. The Labute approximate surface area is 170 Å². The van der Waals surface area contributed by atoms with Gasteiger partial charge in [0.25, 0.3) is 5.91 Å². The molecule has 1 amide bonds. The zero-order valence-electron chi connectivity index (χ0n) is 15.9. The molecule has 0 unspecified atom stereocenters. The second-order valence-electron chi connectivity index (χ2n) is 6.56. The van der Waals surface area contributed by atoms with Crippen LogP contribution in [0.5, 0.6) is 5.75 Å². The van der Waals surface area contributed by atoms with E-state index in [0.29, 0.717) is 30.3 Å². The first-order valence-corrected chi connectivity index (χ1v) is 10.9. The quantitative estimate of drug-likeness (QED) is 0.742. The maximum Gasteiger partial charge on any atom is 0.253 e. The Kier molecular flexibility index (Phi) is 6.27. The Morgan fingerprint density at radius 1 is 1.07 bits per heavy atom. The number of hydrogen-bond donors (Lipinski definition) is 0. The number of sulfonamides is 1. The average Bonchev–Trinajstić information content (AvgIpc) is 2.69. The van der Waals surface area contributed by atoms with Gasteiger partial charge in [-0.15, -0.1) is 0 Å². The molecule has 0 N–H and O–H groups in total. The second-order valence-corrected chi connectivity index (χ2v) is 8.94. The van der Waals surface area contributed by atoms with Gasteiger partial charge in [-0.05, 0) is 61.9 Å². The van der Waals surface area contributed by atoms with Crippen molar-refractivity contribution in [2.45, 2.75) is 18.7 Å². The molecule has 2 aromatic rings. The van der Waals surface area contributed by atoms with Gasteiger partial charge in [0.15, 0.2) is 0 Å². The van der Waals surface area contributed by atoms with Crippen molar-refractivity contribution >= 4 is 27.5 Å². The van der Waals surface area contributed by atoms with Gasteiger partial charge < -0.3 is 9.64 Å². The minimum Gasteiger partial charge on any atom is -0.494 e. The number of aryl methyl sites for hydroxylation is 1. The summed E-state index contributed by atoms with van der Waals surface area (Å²) in [6.07, 6.45) is 0. The molecule has 0 bridgehead atoms. The third-order valence-electron chi connectivity index (χ3n) is 4.70. The minimum atomic E-state index is -3.59. The van der Waals surface area contributed by atoms with Crippen molar-refractivity contribution in [3.05, 3.63) is 58.6 Å². The molecular weight excluding hydrogens is 400 g/mol. The molecule has 0 saturated carbocycles. The van der Waals surface area contributed by atoms with Crippen LogP contribution in [0.2, 0.25) is 5.02 Å². The van der Waals surface area contributed by atoms with Crippen molar-refractivity contribution in [2.75, 3.05) is 32.8 Å². The van der Waals surface area contributed by atoms with E-state index in [2.05, 4.69) is 0 Å². The number of carbonyl (C=O) groups excluding carboxylic acids is 1. The number of carbonyl (C=O) groups is 1. The van der Waals surface area contributed by atoms with Crippen LogP contribution in [0.1, 0.15) is 22.8 Å². The van der Waals surface area contributed by atoms with E-state index in [-0.39, 0.29) is 23.9 Å². The number of halogens is 1. The summed E-state index contributed by atoms with van der Waals surface area (Å²) in [5.41, 5.74) is 1.48. The maximum atomic E-state index is 12.8. The van der Waals surface area contributed by atoms with Crippen LogP contribution in [0, 0.1) is 6.92 Å². The van der Waals surface area contributed by atoms with Crippen LogP contribution in [0.15, 0.2) is 47.4 Å². The topological polar surface area (TPSA) is 66.9 Å². The van der Waals surface area contributed by atoms with Crippen molar-refractivity contribution in [3.63, 3.8) is 0 Å². The molecule has 8 heteroatoms. The lowest BCUT2D eigenvalue weighted by Gasteiger charge is -2.34. The lowest BCUT2D eigenvalue weighted by molar-refractivity contribution is 0.0697. The molecule has 1 aliphatic heterocycles. The Morgan fingerprint density at radius 2 is 1.71 bits per heavy atom. The summed E-state index contributed by atoms with van der Waals surface area (Å²) < 4.78 is 32.4. The highest BCUT2D eigenvalue weighted by atomic mass is 35.5. The van der Waals surface area contributed by atoms with Crippen LogP contribution >= 0.6 is 11.6 Å². The molecule has 1 heterocycles. The summed E-state index contributed by atoms with van der Waals surface area (Å²) in [6, 6.07) is 11.5. The van der Waals surface area contributed by atoms with Crippen molar-refractivity contribution in [3.8, 4) is 5.75 Å². The van der Waals surface area contributed by atoms with E-state index in [1.165, 1.54) is 16.4 Å². The van der Waals surface area contributed by atoms with Crippen LogP contribution in [0.3, 0.4) is 0 Å². The highest BCUT2D eigenvalue weighted by Gasteiger charge is 2.30.